The number of esters is 1. The van der Waals surface area contributed by atoms with Crippen molar-refractivity contribution in [3.63, 3.8) is 0 Å². The highest BCUT2D eigenvalue weighted by Gasteiger charge is 2.27. The average Bonchev–Trinajstić information content (AvgIpc) is 3.22. The summed E-state index contributed by atoms with van der Waals surface area (Å²) in [5.41, 5.74) is 1.86. The monoisotopic (exact) mass is 448 g/mol. The van der Waals surface area contributed by atoms with Crippen LogP contribution in [0.25, 0.3) is 11.1 Å². The Labute approximate surface area is 180 Å². The molecular formula is C22H19F3N2O3S. The Morgan fingerprint density at radius 1 is 1.03 bits per heavy atom. The van der Waals surface area contributed by atoms with E-state index in [0.29, 0.717) is 21.6 Å². The minimum Gasteiger partial charge on any atom is -0.464 e. The van der Waals surface area contributed by atoms with Gasteiger partial charge in [-0.3, -0.25) is 10.1 Å². The highest BCUT2D eigenvalue weighted by atomic mass is 32.1. The summed E-state index contributed by atoms with van der Waals surface area (Å²) in [5.74, 6) is -1.01. The first-order chi connectivity index (χ1) is 14.8. The van der Waals surface area contributed by atoms with Gasteiger partial charge in [-0.25, -0.2) is 4.79 Å². The van der Waals surface area contributed by atoms with Crippen LogP contribution < -0.4 is 10.6 Å². The molecule has 1 aromatic heterocycles. The maximum atomic E-state index is 12.7. The topological polar surface area (TPSA) is 67.4 Å². The van der Waals surface area contributed by atoms with Crippen molar-refractivity contribution in [3.05, 3.63) is 76.5 Å². The third-order valence-corrected chi connectivity index (χ3v) is 5.19. The molecule has 1 amide bonds. The van der Waals surface area contributed by atoms with E-state index in [1.165, 1.54) is 40.9 Å². The summed E-state index contributed by atoms with van der Waals surface area (Å²) in [6.45, 7) is 1.86. The fraction of sp³-hybridized carbons (Fsp3) is 0.182. The summed E-state index contributed by atoms with van der Waals surface area (Å²) in [5, 5.41) is 5.86. The van der Waals surface area contributed by atoms with Crippen LogP contribution in [0, 0.1) is 0 Å². The lowest BCUT2D eigenvalue weighted by molar-refractivity contribution is -0.145. The van der Waals surface area contributed by atoms with Gasteiger partial charge in [0.25, 0.3) is 5.91 Å². The minimum atomic E-state index is -4.51. The second-order valence-corrected chi connectivity index (χ2v) is 7.38. The van der Waals surface area contributed by atoms with Crippen LogP contribution in [-0.2, 0) is 9.53 Å². The summed E-state index contributed by atoms with van der Waals surface area (Å²) >= 11 is 1.17. The van der Waals surface area contributed by atoms with Crippen molar-refractivity contribution in [1.29, 1.82) is 0 Å². The van der Waals surface area contributed by atoms with Crippen molar-refractivity contribution in [3.8, 4) is 11.1 Å². The third-order valence-electron chi connectivity index (χ3n) is 4.26. The van der Waals surface area contributed by atoms with E-state index in [-0.39, 0.29) is 12.3 Å². The molecule has 2 aromatic carbocycles. The Morgan fingerprint density at radius 3 is 2.32 bits per heavy atom. The number of carbonyl (C=O) groups excluding carboxylic acids is 2. The lowest BCUT2D eigenvalue weighted by Crippen LogP contribution is -2.34. The third kappa shape index (κ3) is 6.08. The number of carbonyl (C=O) groups is 2. The molecule has 0 radical (unpaired) electrons. The first kappa shape index (κ1) is 22.4. The lowest BCUT2D eigenvalue weighted by atomic mass is 10.1. The molecule has 162 valence electrons. The van der Waals surface area contributed by atoms with Gasteiger partial charge in [-0.2, -0.15) is 13.2 Å². The van der Waals surface area contributed by atoms with Crippen molar-refractivity contribution in [2.75, 3.05) is 11.9 Å². The number of nitrogens with one attached hydrogen (secondary N) is 2. The molecule has 0 bridgehead atoms. The Morgan fingerprint density at radius 2 is 1.71 bits per heavy atom. The molecule has 0 unspecified atom stereocenters. The summed E-state index contributed by atoms with van der Waals surface area (Å²) in [6.07, 6.45) is -4.51. The van der Waals surface area contributed by atoms with Gasteiger partial charge in [0.2, 0.25) is 0 Å². The van der Waals surface area contributed by atoms with Gasteiger partial charge < -0.3 is 10.1 Å². The van der Waals surface area contributed by atoms with E-state index in [1.807, 2.05) is 0 Å². The van der Waals surface area contributed by atoms with Crippen molar-refractivity contribution in [2.45, 2.75) is 19.3 Å². The maximum Gasteiger partial charge on any atom is 0.482 e. The molecule has 1 heterocycles. The largest absolute Gasteiger partial charge is 0.482 e. The molecule has 0 aliphatic heterocycles. The Bertz CT molecular complexity index is 1030. The quantitative estimate of drug-likeness (QED) is 0.376. The molecule has 3 rings (SSSR count). The Hall–Kier alpha value is -3.33. The van der Waals surface area contributed by atoms with Crippen LogP contribution in [0.1, 0.15) is 28.2 Å². The van der Waals surface area contributed by atoms with E-state index in [9.17, 15) is 22.8 Å². The van der Waals surface area contributed by atoms with E-state index < -0.39 is 24.2 Å². The van der Waals surface area contributed by atoms with Crippen molar-refractivity contribution < 1.29 is 27.5 Å². The van der Waals surface area contributed by atoms with Crippen molar-refractivity contribution >= 4 is 28.9 Å². The number of anilines is 1. The highest BCUT2D eigenvalue weighted by Crippen LogP contribution is 2.28. The zero-order chi connectivity index (χ0) is 22.4. The summed E-state index contributed by atoms with van der Waals surface area (Å²) in [7, 11) is 0. The fourth-order valence-electron chi connectivity index (χ4n) is 2.87. The van der Waals surface area contributed by atoms with Crippen LogP contribution in [0.2, 0.25) is 0 Å². The number of hydrogen-bond acceptors (Lipinski definition) is 5. The van der Waals surface area contributed by atoms with Gasteiger partial charge in [0.1, 0.15) is 0 Å². The summed E-state index contributed by atoms with van der Waals surface area (Å²) < 4.78 is 42.3. The molecule has 0 saturated heterocycles. The number of rotatable bonds is 7. The van der Waals surface area contributed by atoms with E-state index >= 15 is 0 Å². The van der Waals surface area contributed by atoms with Gasteiger partial charge >= 0.3 is 12.3 Å². The molecule has 0 aliphatic carbocycles. The second-order valence-electron chi connectivity index (χ2n) is 6.47. The molecule has 1 atom stereocenters. The molecule has 0 aliphatic rings. The predicted molar refractivity (Wildman–Crippen MR) is 113 cm³/mol. The minimum absolute atomic E-state index is 0.0791. The molecule has 9 heteroatoms. The lowest BCUT2D eigenvalue weighted by Gasteiger charge is -2.17. The molecule has 0 saturated carbocycles. The molecule has 0 fully saturated rings. The van der Waals surface area contributed by atoms with Gasteiger partial charge in [0.15, 0.2) is 6.04 Å². The van der Waals surface area contributed by atoms with E-state index in [0.717, 1.165) is 0 Å². The van der Waals surface area contributed by atoms with Gasteiger partial charge in [-0.1, -0.05) is 42.5 Å². The zero-order valence-corrected chi connectivity index (χ0v) is 17.2. The molecule has 0 spiro atoms. The van der Waals surface area contributed by atoms with Crippen LogP contribution in [0.4, 0.5) is 18.9 Å². The van der Waals surface area contributed by atoms with Gasteiger partial charge in [-0.15, -0.1) is 11.3 Å². The predicted octanol–water partition coefficient (Wildman–Crippen LogP) is 5.38. The fourth-order valence-corrected chi connectivity index (χ4v) is 3.69. The van der Waals surface area contributed by atoms with Gasteiger partial charge in [-0.05, 0) is 47.2 Å². The SMILES string of the molecule is CCOC(=O)[C@@H](NC(=O)c1cc(-c2ccc(NC(F)(F)F)cc2)cs1)c1ccccc1. The highest BCUT2D eigenvalue weighted by molar-refractivity contribution is 7.12. The van der Waals surface area contributed by atoms with Gasteiger partial charge in [0.05, 0.1) is 11.5 Å². The summed E-state index contributed by atoms with van der Waals surface area (Å²) in [6, 6.07) is 15.1. The number of hydrogen-bond donors (Lipinski definition) is 2. The summed E-state index contributed by atoms with van der Waals surface area (Å²) in [4.78, 5) is 25.5. The van der Waals surface area contributed by atoms with E-state index in [1.54, 1.807) is 48.7 Å². The first-order valence-corrected chi connectivity index (χ1v) is 10.2. The first-order valence-electron chi connectivity index (χ1n) is 9.33. The smallest absolute Gasteiger partial charge is 0.464 e. The zero-order valence-electron chi connectivity index (χ0n) is 16.4. The molecule has 5 nitrogen and oxygen atoms in total. The Kier molecular flexibility index (Phi) is 6.96. The van der Waals surface area contributed by atoms with Crippen molar-refractivity contribution in [1.82, 2.24) is 5.32 Å². The van der Waals surface area contributed by atoms with Crippen LogP contribution in [0.15, 0.2) is 66.0 Å². The Balaban J connectivity index is 1.75. The van der Waals surface area contributed by atoms with Crippen LogP contribution in [-0.4, -0.2) is 24.8 Å². The molecule has 2 N–H and O–H groups in total. The number of alkyl halides is 3. The van der Waals surface area contributed by atoms with E-state index in [2.05, 4.69) is 5.32 Å². The van der Waals surface area contributed by atoms with Crippen LogP contribution in [0.3, 0.4) is 0 Å². The molecular weight excluding hydrogens is 429 g/mol. The van der Waals surface area contributed by atoms with Gasteiger partial charge in [0, 0.05) is 5.69 Å². The van der Waals surface area contributed by atoms with Crippen molar-refractivity contribution in [2.24, 2.45) is 0 Å². The molecule has 3 aromatic rings. The molecule has 31 heavy (non-hydrogen) atoms. The number of ether oxygens (including phenoxy) is 1. The van der Waals surface area contributed by atoms with E-state index in [4.69, 9.17) is 4.74 Å². The van der Waals surface area contributed by atoms with Crippen LogP contribution in [0.5, 0.6) is 0 Å². The van der Waals surface area contributed by atoms with Crippen LogP contribution >= 0.6 is 11.3 Å². The standard InChI is InChI=1S/C22H19F3N2O3S/c1-2-30-21(29)19(15-6-4-3-5-7-15)26-20(28)18-12-16(13-31-18)14-8-10-17(11-9-14)27-22(23,24)25/h3-13,19,27H,2H2,1H3,(H,26,28)/t19-/m0/s1. The normalized spacial score (nSPS) is 12.1. The number of benzene rings is 2. The second kappa shape index (κ2) is 9.65. The maximum absolute atomic E-state index is 12.7. The number of amides is 1. The number of halogens is 3. The number of thiophene rings is 1. The average molecular weight is 448 g/mol.